The van der Waals surface area contributed by atoms with E-state index in [-0.39, 0.29) is 26.0 Å². The van der Waals surface area contributed by atoms with Crippen LogP contribution >= 0.6 is 0 Å². The van der Waals surface area contributed by atoms with Gasteiger partial charge in [-0.3, -0.25) is 4.79 Å². The highest BCUT2D eigenvalue weighted by atomic mass is 16.6. The third kappa shape index (κ3) is 8.02. The molecule has 1 aliphatic rings. The molecule has 224 valence electrons. The van der Waals surface area contributed by atoms with E-state index in [4.69, 9.17) is 9.47 Å². The third-order valence-electron chi connectivity index (χ3n) is 6.96. The van der Waals surface area contributed by atoms with Crippen molar-refractivity contribution in [3.8, 4) is 0 Å². The third-order valence-corrected chi connectivity index (χ3v) is 6.96. The Bertz CT molecular complexity index is 1410. The van der Waals surface area contributed by atoms with E-state index in [1.807, 2.05) is 54.6 Å². The number of hydrogen-bond donors (Lipinski definition) is 4. The summed E-state index contributed by atoms with van der Waals surface area (Å²) in [7, 11) is 0. The summed E-state index contributed by atoms with van der Waals surface area (Å²) < 4.78 is 10.6. The van der Waals surface area contributed by atoms with Crippen LogP contribution in [-0.4, -0.2) is 63.3 Å². The molecule has 4 N–H and O–H groups in total. The lowest BCUT2D eigenvalue weighted by molar-refractivity contribution is -0.152. The molecule has 11 nitrogen and oxygen atoms in total. The van der Waals surface area contributed by atoms with Gasteiger partial charge in [-0.15, -0.1) is 0 Å². The first-order valence-electron chi connectivity index (χ1n) is 14.1. The van der Waals surface area contributed by atoms with Crippen LogP contribution in [0.1, 0.15) is 56.9 Å². The zero-order valence-electron chi connectivity index (χ0n) is 24.1. The highest BCUT2D eigenvalue weighted by Gasteiger charge is 2.39. The fourth-order valence-corrected chi connectivity index (χ4v) is 5.03. The van der Waals surface area contributed by atoms with Crippen molar-refractivity contribution in [2.45, 2.75) is 77.3 Å². The molecule has 1 aliphatic heterocycles. The van der Waals surface area contributed by atoms with Gasteiger partial charge in [-0.1, -0.05) is 48.5 Å². The van der Waals surface area contributed by atoms with Crippen LogP contribution in [0.4, 0.5) is 9.59 Å². The Hall–Kier alpha value is -4.54. The molecule has 0 radical (unpaired) electrons. The number of para-hydroxylation sites is 1. The predicted octanol–water partition coefficient (Wildman–Crippen LogP) is 4.50. The Morgan fingerprint density at radius 3 is 2.48 bits per heavy atom. The fraction of sp³-hybridized carbons (Fsp3) is 0.419. The molecule has 0 fully saturated rings. The fourth-order valence-electron chi connectivity index (χ4n) is 5.03. The van der Waals surface area contributed by atoms with E-state index < -0.39 is 41.7 Å². The van der Waals surface area contributed by atoms with Gasteiger partial charge in [-0.2, -0.15) is 0 Å². The van der Waals surface area contributed by atoms with Crippen molar-refractivity contribution < 1.29 is 33.8 Å². The van der Waals surface area contributed by atoms with Crippen molar-refractivity contribution in [1.29, 1.82) is 0 Å². The minimum atomic E-state index is -1.14. The van der Waals surface area contributed by atoms with Gasteiger partial charge in [0.05, 0.1) is 6.54 Å². The Kier molecular flexibility index (Phi) is 9.72. The number of carbonyl (C=O) groups is 4. The molecule has 11 heteroatoms. The standard InChI is InChI=1S/C31H38N4O7/c1-31(2,3)42-30(40)34-24-17-22-21-13-7-8-14-23(21)33-25(22)18-35(27(24)36)26(28(37)38)15-9-10-16-32-29(39)41-19-20-11-5-4-6-12-20/h4-8,11-14,24,26,33H,9-10,15-19H2,1-3H3,(H,32,39)(H,34,40)(H,37,38)/t24-,26+/m1/s1. The highest BCUT2D eigenvalue weighted by molar-refractivity contribution is 5.92. The Labute approximate surface area is 244 Å². The van der Waals surface area contributed by atoms with Gasteiger partial charge < -0.3 is 35.1 Å². The zero-order valence-corrected chi connectivity index (χ0v) is 24.1. The summed E-state index contributed by atoms with van der Waals surface area (Å²) in [6.07, 6.45) is -0.0291. The lowest BCUT2D eigenvalue weighted by atomic mass is 10.0. The highest BCUT2D eigenvalue weighted by Crippen LogP contribution is 2.29. The molecule has 0 saturated heterocycles. The zero-order chi connectivity index (χ0) is 30.3. The first kappa shape index (κ1) is 30.4. The molecular formula is C31H38N4O7. The summed E-state index contributed by atoms with van der Waals surface area (Å²) in [5, 5.41) is 16.4. The van der Waals surface area contributed by atoms with E-state index in [2.05, 4.69) is 15.6 Å². The number of carboxylic acid groups (broad SMARTS) is 1. The van der Waals surface area contributed by atoms with Crippen LogP contribution < -0.4 is 10.6 Å². The van der Waals surface area contributed by atoms with E-state index in [0.717, 1.165) is 27.7 Å². The van der Waals surface area contributed by atoms with Crippen LogP contribution in [0.25, 0.3) is 10.9 Å². The van der Waals surface area contributed by atoms with Crippen molar-refractivity contribution in [3.05, 3.63) is 71.4 Å². The normalized spacial score (nSPS) is 15.8. The van der Waals surface area contributed by atoms with E-state index in [1.54, 1.807) is 20.8 Å². The molecule has 0 spiro atoms. The molecule has 3 aromatic rings. The van der Waals surface area contributed by atoms with Gasteiger partial charge in [-0.25, -0.2) is 14.4 Å². The predicted molar refractivity (Wildman–Crippen MR) is 156 cm³/mol. The second-order valence-corrected chi connectivity index (χ2v) is 11.3. The second kappa shape index (κ2) is 13.4. The largest absolute Gasteiger partial charge is 0.480 e. The number of nitrogens with one attached hydrogen (secondary N) is 3. The summed E-state index contributed by atoms with van der Waals surface area (Å²) in [5.41, 5.74) is 2.55. The van der Waals surface area contributed by atoms with Crippen LogP contribution in [0.2, 0.25) is 0 Å². The number of amides is 3. The molecule has 1 aromatic heterocycles. The van der Waals surface area contributed by atoms with Crippen molar-refractivity contribution >= 4 is 35.0 Å². The molecule has 2 aromatic carbocycles. The van der Waals surface area contributed by atoms with E-state index in [1.165, 1.54) is 4.90 Å². The van der Waals surface area contributed by atoms with Gasteiger partial charge in [0.15, 0.2) is 0 Å². The summed E-state index contributed by atoms with van der Waals surface area (Å²) in [4.78, 5) is 55.5. The molecule has 42 heavy (non-hydrogen) atoms. The average Bonchev–Trinajstić information content (AvgIpc) is 3.22. The van der Waals surface area contributed by atoms with Gasteiger partial charge in [0.2, 0.25) is 5.91 Å². The number of fused-ring (bicyclic) bond motifs is 3. The van der Waals surface area contributed by atoms with Gasteiger partial charge >= 0.3 is 18.2 Å². The van der Waals surface area contributed by atoms with E-state index >= 15 is 0 Å². The van der Waals surface area contributed by atoms with Crippen LogP contribution in [0.5, 0.6) is 0 Å². The second-order valence-electron chi connectivity index (χ2n) is 11.3. The number of nitrogens with zero attached hydrogens (tertiary/aromatic N) is 1. The number of hydrogen-bond acceptors (Lipinski definition) is 6. The lowest BCUT2D eigenvalue weighted by Gasteiger charge is -2.31. The minimum absolute atomic E-state index is 0.0520. The topological polar surface area (TPSA) is 150 Å². The number of aromatic amines is 1. The molecule has 4 rings (SSSR count). The Morgan fingerprint density at radius 1 is 1.05 bits per heavy atom. The smallest absolute Gasteiger partial charge is 0.408 e. The molecular weight excluding hydrogens is 540 g/mol. The Morgan fingerprint density at radius 2 is 1.76 bits per heavy atom. The SMILES string of the molecule is CC(C)(C)OC(=O)N[C@@H]1Cc2c([nH]c3ccccc23)CN([C@@H](CCCCNC(=O)OCc2ccccc2)C(=O)O)C1=O. The summed E-state index contributed by atoms with van der Waals surface area (Å²) in [6.45, 7) is 5.68. The average molecular weight is 579 g/mol. The minimum Gasteiger partial charge on any atom is -0.480 e. The Balaban J connectivity index is 1.42. The lowest BCUT2D eigenvalue weighted by Crippen LogP contribution is -2.53. The number of benzene rings is 2. The molecule has 0 saturated carbocycles. The van der Waals surface area contributed by atoms with Crippen LogP contribution in [0.3, 0.4) is 0 Å². The van der Waals surface area contributed by atoms with Crippen molar-refractivity contribution in [1.82, 2.24) is 20.5 Å². The molecule has 0 unspecified atom stereocenters. The molecule has 2 atom stereocenters. The van der Waals surface area contributed by atoms with Crippen LogP contribution in [-0.2, 0) is 38.6 Å². The maximum Gasteiger partial charge on any atom is 0.408 e. The van der Waals surface area contributed by atoms with Gasteiger partial charge in [0.1, 0.15) is 24.3 Å². The maximum absolute atomic E-state index is 13.8. The van der Waals surface area contributed by atoms with Crippen molar-refractivity contribution in [2.75, 3.05) is 6.54 Å². The summed E-state index contributed by atoms with van der Waals surface area (Å²) >= 11 is 0. The maximum atomic E-state index is 13.8. The van der Waals surface area contributed by atoms with Gasteiger partial charge in [-0.05, 0) is 57.2 Å². The first-order valence-corrected chi connectivity index (χ1v) is 14.1. The number of rotatable bonds is 10. The summed E-state index contributed by atoms with van der Waals surface area (Å²) in [5.74, 6) is -1.64. The quantitative estimate of drug-likeness (QED) is 0.259. The number of alkyl carbamates (subject to hydrolysis) is 2. The molecule has 0 bridgehead atoms. The molecule has 3 amide bonds. The number of aromatic nitrogens is 1. The van der Waals surface area contributed by atoms with E-state index in [0.29, 0.717) is 19.4 Å². The summed E-state index contributed by atoms with van der Waals surface area (Å²) in [6, 6.07) is 14.8. The molecule has 2 heterocycles. The van der Waals surface area contributed by atoms with Crippen molar-refractivity contribution in [2.24, 2.45) is 0 Å². The number of unbranched alkanes of at least 4 members (excludes halogenated alkanes) is 1. The van der Waals surface area contributed by atoms with Crippen molar-refractivity contribution in [3.63, 3.8) is 0 Å². The number of carboxylic acids is 1. The number of ether oxygens (including phenoxy) is 2. The van der Waals surface area contributed by atoms with Gasteiger partial charge in [0, 0.05) is 29.6 Å². The monoisotopic (exact) mass is 578 g/mol. The first-order chi connectivity index (χ1) is 20.0. The van der Waals surface area contributed by atoms with Gasteiger partial charge in [0.25, 0.3) is 0 Å². The number of aliphatic carboxylic acids is 1. The van der Waals surface area contributed by atoms with Crippen LogP contribution in [0, 0.1) is 0 Å². The number of H-pyrrole nitrogens is 1. The molecule has 0 aliphatic carbocycles. The van der Waals surface area contributed by atoms with E-state index in [9.17, 15) is 24.3 Å². The number of carbonyl (C=O) groups excluding carboxylic acids is 3. The van der Waals surface area contributed by atoms with Crippen LogP contribution in [0.15, 0.2) is 54.6 Å².